The fourth-order valence-electron chi connectivity index (χ4n) is 8.10. The molecule has 9 aromatic rings. The van der Waals surface area contributed by atoms with Crippen molar-refractivity contribution >= 4 is 31.5 Å². The third-order valence-corrected chi connectivity index (χ3v) is 11.8. The van der Waals surface area contributed by atoms with Crippen LogP contribution in [0.15, 0.2) is 164 Å². The lowest BCUT2D eigenvalue weighted by molar-refractivity contribution is 0.662. The second-order valence-corrected chi connectivity index (χ2v) is 15.0. The molecule has 1 aliphatic carbocycles. The predicted molar refractivity (Wildman–Crippen MR) is 217 cm³/mol. The maximum absolute atomic E-state index is 5.01. The Bertz CT molecular complexity index is 2760. The first-order valence-electron chi connectivity index (χ1n) is 17.7. The van der Waals surface area contributed by atoms with Crippen molar-refractivity contribution in [2.45, 2.75) is 19.3 Å². The molecule has 0 radical (unpaired) electrons. The number of thiophene rings is 1. The molecule has 1 aliphatic rings. The zero-order valence-electron chi connectivity index (χ0n) is 28.8. The molecule has 0 saturated carbocycles. The summed E-state index contributed by atoms with van der Waals surface area (Å²) in [7, 11) is 0. The number of fused-ring (bicyclic) bond motifs is 6. The lowest BCUT2D eigenvalue weighted by Crippen LogP contribution is -2.16. The van der Waals surface area contributed by atoms with Gasteiger partial charge in [-0.25, -0.2) is 15.0 Å². The molecule has 0 aliphatic heterocycles. The van der Waals surface area contributed by atoms with Crippen LogP contribution < -0.4 is 0 Å². The van der Waals surface area contributed by atoms with Gasteiger partial charge in [-0.3, -0.25) is 0 Å². The van der Waals surface area contributed by atoms with Gasteiger partial charge in [0, 0.05) is 42.3 Å². The second-order valence-electron chi connectivity index (χ2n) is 14.0. The maximum Gasteiger partial charge on any atom is 0.164 e. The van der Waals surface area contributed by atoms with Crippen LogP contribution in [0.25, 0.3) is 87.7 Å². The summed E-state index contributed by atoms with van der Waals surface area (Å²) in [4.78, 5) is 14.9. The molecular formula is C48H33N3S. The van der Waals surface area contributed by atoms with Crippen molar-refractivity contribution in [1.82, 2.24) is 15.0 Å². The normalized spacial score (nSPS) is 13.0. The van der Waals surface area contributed by atoms with Crippen LogP contribution in [0.3, 0.4) is 0 Å². The van der Waals surface area contributed by atoms with E-state index >= 15 is 0 Å². The minimum atomic E-state index is -0.0945. The molecule has 2 heterocycles. The molecule has 3 nitrogen and oxygen atoms in total. The van der Waals surface area contributed by atoms with Crippen molar-refractivity contribution in [2.24, 2.45) is 0 Å². The van der Waals surface area contributed by atoms with E-state index in [9.17, 15) is 0 Å². The summed E-state index contributed by atoms with van der Waals surface area (Å²) >= 11 is 1.89. The Morgan fingerprint density at radius 2 is 0.827 bits per heavy atom. The Labute approximate surface area is 307 Å². The molecule has 4 heteroatoms. The summed E-state index contributed by atoms with van der Waals surface area (Å²) < 4.78 is 2.60. The van der Waals surface area contributed by atoms with Crippen LogP contribution in [-0.4, -0.2) is 15.0 Å². The van der Waals surface area contributed by atoms with E-state index in [1.165, 1.54) is 59.1 Å². The second kappa shape index (κ2) is 11.9. The maximum atomic E-state index is 5.01. The highest BCUT2D eigenvalue weighted by molar-refractivity contribution is 7.26. The molecule has 0 saturated heterocycles. The summed E-state index contributed by atoms with van der Waals surface area (Å²) in [6.45, 7) is 4.74. The number of rotatable bonds is 5. The summed E-state index contributed by atoms with van der Waals surface area (Å²) in [6.07, 6.45) is 0. The first-order valence-corrected chi connectivity index (χ1v) is 18.5. The van der Waals surface area contributed by atoms with E-state index in [0.29, 0.717) is 17.5 Å². The largest absolute Gasteiger partial charge is 0.208 e. The highest BCUT2D eigenvalue weighted by atomic mass is 32.1. The van der Waals surface area contributed by atoms with E-state index < -0.39 is 0 Å². The SMILES string of the molecule is CC1(C)c2ccccc2-c2cccc(-c3cccc4c3sc3c(-c5cccc(-c6nc(-c7ccccc7)nc(-c7ccccc7)n6)c5)cccc34)c21. The topological polar surface area (TPSA) is 38.7 Å². The van der Waals surface area contributed by atoms with Gasteiger partial charge in [0.1, 0.15) is 0 Å². The standard InChI is InChI=1S/C48H33N3S/c1-48(2)41-28-10-9-21-35(41)36-23-13-24-37(42(36)48)38-25-14-27-40-39-26-12-22-34(43(39)52-44(38)40)32-19-11-20-33(29-32)47-50-45(30-15-5-3-6-16-30)49-46(51-47)31-17-7-4-8-18-31/h3-29H,1-2H3. The zero-order valence-corrected chi connectivity index (χ0v) is 29.7. The van der Waals surface area contributed by atoms with Gasteiger partial charge in [0.25, 0.3) is 0 Å². The van der Waals surface area contributed by atoms with Crippen LogP contribution in [0.2, 0.25) is 0 Å². The smallest absolute Gasteiger partial charge is 0.164 e. The Morgan fingerprint density at radius 3 is 1.50 bits per heavy atom. The van der Waals surface area contributed by atoms with Crippen LogP contribution in [0.4, 0.5) is 0 Å². The summed E-state index contributed by atoms with van der Waals surface area (Å²) in [6, 6.07) is 58.2. The number of benzene rings is 7. The lowest BCUT2D eigenvalue weighted by atomic mass is 9.79. The average molecular weight is 684 g/mol. The van der Waals surface area contributed by atoms with Gasteiger partial charge in [-0.2, -0.15) is 0 Å². The van der Waals surface area contributed by atoms with Gasteiger partial charge in [0.05, 0.1) is 0 Å². The Morgan fingerprint density at radius 1 is 0.385 bits per heavy atom. The summed E-state index contributed by atoms with van der Waals surface area (Å²) in [5.41, 5.74) is 13.2. The molecule has 0 N–H and O–H groups in total. The van der Waals surface area contributed by atoms with Crippen molar-refractivity contribution in [1.29, 1.82) is 0 Å². The average Bonchev–Trinajstić information content (AvgIpc) is 3.71. The highest BCUT2D eigenvalue weighted by Crippen LogP contribution is 2.53. The lowest BCUT2D eigenvalue weighted by Gasteiger charge is -2.24. The van der Waals surface area contributed by atoms with Gasteiger partial charge < -0.3 is 0 Å². The first-order chi connectivity index (χ1) is 25.5. The van der Waals surface area contributed by atoms with Crippen molar-refractivity contribution in [3.05, 3.63) is 175 Å². The van der Waals surface area contributed by atoms with Crippen LogP contribution in [0.1, 0.15) is 25.0 Å². The Balaban J connectivity index is 1.12. The summed E-state index contributed by atoms with van der Waals surface area (Å²) in [5, 5.41) is 2.57. The van der Waals surface area contributed by atoms with Crippen LogP contribution in [0.5, 0.6) is 0 Å². The molecule has 7 aromatic carbocycles. The van der Waals surface area contributed by atoms with Gasteiger partial charge in [-0.05, 0) is 50.6 Å². The Hall–Kier alpha value is -6.23. The molecule has 0 unspecified atom stereocenters. The van der Waals surface area contributed by atoms with Crippen molar-refractivity contribution in [3.63, 3.8) is 0 Å². The molecule has 52 heavy (non-hydrogen) atoms. The minimum Gasteiger partial charge on any atom is -0.208 e. The molecule has 0 spiro atoms. The Kier molecular flexibility index (Phi) is 7.02. The van der Waals surface area contributed by atoms with Crippen LogP contribution in [0, 0.1) is 0 Å². The van der Waals surface area contributed by atoms with E-state index in [-0.39, 0.29) is 5.41 Å². The fourth-order valence-corrected chi connectivity index (χ4v) is 9.46. The molecule has 0 atom stereocenters. The number of hydrogen-bond donors (Lipinski definition) is 0. The molecule has 10 rings (SSSR count). The van der Waals surface area contributed by atoms with Gasteiger partial charge in [-0.15, -0.1) is 11.3 Å². The predicted octanol–water partition coefficient (Wildman–Crippen LogP) is 12.9. The third kappa shape index (κ3) is 4.83. The molecular weight excluding hydrogens is 651 g/mol. The van der Waals surface area contributed by atoms with E-state index in [4.69, 9.17) is 15.0 Å². The number of nitrogens with zero attached hydrogens (tertiary/aromatic N) is 3. The summed E-state index contributed by atoms with van der Waals surface area (Å²) in [5.74, 6) is 1.97. The van der Waals surface area contributed by atoms with E-state index in [2.05, 4.69) is 117 Å². The van der Waals surface area contributed by atoms with Gasteiger partial charge in [0.15, 0.2) is 17.5 Å². The van der Waals surface area contributed by atoms with Crippen molar-refractivity contribution < 1.29 is 0 Å². The van der Waals surface area contributed by atoms with E-state index in [1.807, 2.05) is 72.0 Å². The highest BCUT2D eigenvalue weighted by Gasteiger charge is 2.37. The van der Waals surface area contributed by atoms with Gasteiger partial charge >= 0.3 is 0 Å². The van der Waals surface area contributed by atoms with Gasteiger partial charge in [-0.1, -0.05) is 172 Å². The van der Waals surface area contributed by atoms with Gasteiger partial charge in [0.2, 0.25) is 0 Å². The number of hydrogen-bond acceptors (Lipinski definition) is 4. The van der Waals surface area contributed by atoms with Crippen LogP contribution in [-0.2, 0) is 5.41 Å². The molecule has 0 fully saturated rings. The first kappa shape index (κ1) is 30.6. The monoisotopic (exact) mass is 683 g/mol. The van der Waals surface area contributed by atoms with Crippen LogP contribution >= 0.6 is 11.3 Å². The van der Waals surface area contributed by atoms with Crippen molar-refractivity contribution in [3.8, 4) is 67.5 Å². The van der Waals surface area contributed by atoms with Crippen molar-refractivity contribution in [2.75, 3.05) is 0 Å². The number of aromatic nitrogens is 3. The quantitative estimate of drug-likeness (QED) is 0.181. The van der Waals surface area contributed by atoms with E-state index in [0.717, 1.165) is 22.3 Å². The molecule has 0 amide bonds. The molecule has 2 aromatic heterocycles. The minimum absolute atomic E-state index is 0.0945. The zero-order chi connectivity index (χ0) is 34.8. The fraction of sp³-hybridized carbons (Fsp3) is 0.0625. The van der Waals surface area contributed by atoms with E-state index in [1.54, 1.807) is 0 Å². The molecule has 246 valence electrons. The third-order valence-electron chi connectivity index (χ3n) is 10.5. The molecule has 0 bridgehead atoms.